The second-order valence-electron chi connectivity index (χ2n) is 7.14. The van der Waals surface area contributed by atoms with E-state index in [1.807, 2.05) is 41.0 Å². The summed E-state index contributed by atoms with van der Waals surface area (Å²) in [5.41, 5.74) is 2.00. The van der Waals surface area contributed by atoms with Crippen molar-refractivity contribution in [1.82, 2.24) is 9.80 Å². The number of fused-ring (bicyclic) bond motifs is 1. The highest BCUT2D eigenvalue weighted by molar-refractivity contribution is 8.13. The molecule has 3 aliphatic rings. The van der Waals surface area contributed by atoms with E-state index in [0.29, 0.717) is 18.7 Å². The molecule has 3 fully saturated rings. The normalized spacial score (nSPS) is 30.2. The van der Waals surface area contributed by atoms with Crippen molar-refractivity contribution in [3.63, 3.8) is 0 Å². The van der Waals surface area contributed by atoms with Crippen LogP contribution in [0.3, 0.4) is 0 Å². The van der Waals surface area contributed by atoms with Gasteiger partial charge in [0.15, 0.2) is 5.17 Å². The van der Waals surface area contributed by atoms with Gasteiger partial charge < -0.3 is 4.90 Å². The number of carbonyl (C=O) groups is 2. The van der Waals surface area contributed by atoms with Gasteiger partial charge in [-0.3, -0.25) is 14.5 Å². The number of carbonyl (C=O) groups excluding carboxylic acids is 2. The number of amidine groups is 1. The molecular weight excluding hydrogens is 366 g/mol. The van der Waals surface area contributed by atoms with Gasteiger partial charge in [0.05, 0.1) is 10.6 Å². The van der Waals surface area contributed by atoms with Crippen LogP contribution < -0.4 is 0 Å². The lowest BCUT2D eigenvalue weighted by Crippen LogP contribution is -2.53. The van der Waals surface area contributed by atoms with E-state index in [0.717, 1.165) is 35.0 Å². The molecule has 0 unspecified atom stereocenters. The lowest BCUT2D eigenvalue weighted by molar-refractivity contribution is -0.141. The first-order chi connectivity index (χ1) is 12.5. The Morgan fingerprint density at radius 2 is 2.15 bits per heavy atom. The van der Waals surface area contributed by atoms with Crippen LogP contribution in [-0.4, -0.2) is 55.7 Å². The number of aliphatic imine (C=N–C) groups is 1. The third-order valence-corrected chi connectivity index (χ3v) is 7.88. The minimum Gasteiger partial charge on any atom is -0.315 e. The van der Waals surface area contributed by atoms with Crippen LogP contribution in [0.1, 0.15) is 31.7 Å². The van der Waals surface area contributed by atoms with Crippen LogP contribution in [0, 0.1) is 6.92 Å². The Balaban J connectivity index is 1.62. The standard InChI is InChI=1S/C19H23N3O2S2/c1-13-6-3-4-7-14(13)20-18-21(10-5-11-25-18)17(24)15-12-26-19(2)9-8-16(23)22(15)19/h3-4,6-7,15H,5,8-12H2,1-2H3/t15-,19+/m1/s1. The van der Waals surface area contributed by atoms with Gasteiger partial charge in [0.2, 0.25) is 5.91 Å². The van der Waals surface area contributed by atoms with E-state index in [1.165, 1.54) is 0 Å². The van der Waals surface area contributed by atoms with Crippen LogP contribution in [0.5, 0.6) is 0 Å². The Kier molecular flexibility index (Phi) is 4.77. The van der Waals surface area contributed by atoms with Crippen molar-refractivity contribution in [3.8, 4) is 0 Å². The Labute approximate surface area is 162 Å². The first-order valence-corrected chi connectivity index (χ1v) is 11.0. The number of amides is 2. The van der Waals surface area contributed by atoms with Gasteiger partial charge in [0.1, 0.15) is 6.04 Å². The average Bonchev–Trinajstić information content (AvgIpc) is 3.13. The molecule has 0 N–H and O–H groups in total. The molecule has 4 rings (SSSR count). The van der Waals surface area contributed by atoms with Gasteiger partial charge in [0, 0.05) is 24.5 Å². The molecule has 0 aromatic heterocycles. The molecule has 1 aromatic rings. The zero-order valence-corrected chi connectivity index (χ0v) is 16.7. The van der Waals surface area contributed by atoms with Crippen molar-refractivity contribution in [2.45, 2.75) is 44.0 Å². The maximum absolute atomic E-state index is 13.3. The number of thioether (sulfide) groups is 2. The van der Waals surface area contributed by atoms with Gasteiger partial charge in [-0.2, -0.15) is 0 Å². The van der Waals surface area contributed by atoms with Crippen LogP contribution in [-0.2, 0) is 9.59 Å². The molecule has 1 aromatic carbocycles. The van der Waals surface area contributed by atoms with Gasteiger partial charge in [-0.15, -0.1) is 11.8 Å². The molecule has 3 saturated heterocycles. The van der Waals surface area contributed by atoms with E-state index >= 15 is 0 Å². The molecule has 5 nitrogen and oxygen atoms in total. The number of rotatable bonds is 2. The molecule has 0 aliphatic carbocycles. The number of hydrogen-bond donors (Lipinski definition) is 0. The van der Waals surface area contributed by atoms with Crippen LogP contribution >= 0.6 is 23.5 Å². The summed E-state index contributed by atoms with van der Waals surface area (Å²) in [5.74, 6) is 1.78. The van der Waals surface area contributed by atoms with E-state index in [-0.39, 0.29) is 22.7 Å². The second-order valence-corrected chi connectivity index (χ2v) is 9.70. The second kappa shape index (κ2) is 6.93. The monoisotopic (exact) mass is 389 g/mol. The molecule has 2 atom stereocenters. The number of benzene rings is 1. The van der Waals surface area contributed by atoms with Crippen LogP contribution in [0.2, 0.25) is 0 Å². The van der Waals surface area contributed by atoms with Crippen molar-refractivity contribution >= 4 is 46.2 Å². The van der Waals surface area contributed by atoms with Gasteiger partial charge in [-0.05, 0) is 38.3 Å². The number of para-hydroxylation sites is 1. The zero-order chi connectivity index (χ0) is 18.3. The average molecular weight is 390 g/mol. The first-order valence-electron chi connectivity index (χ1n) is 9.04. The van der Waals surface area contributed by atoms with Gasteiger partial charge >= 0.3 is 0 Å². The number of aryl methyl sites for hydroxylation is 1. The minimum absolute atomic E-state index is 0.0241. The van der Waals surface area contributed by atoms with Crippen molar-refractivity contribution in [3.05, 3.63) is 29.8 Å². The lowest BCUT2D eigenvalue weighted by atomic mass is 10.2. The fourth-order valence-corrected chi connectivity index (χ4v) is 6.21. The summed E-state index contributed by atoms with van der Waals surface area (Å²) in [4.78, 5) is 33.9. The fourth-order valence-electron chi connectivity index (χ4n) is 3.83. The quantitative estimate of drug-likeness (QED) is 0.778. The van der Waals surface area contributed by atoms with Crippen LogP contribution in [0.4, 0.5) is 5.69 Å². The Hall–Kier alpha value is -1.47. The van der Waals surface area contributed by atoms with E-state index < -0.39 is 0 Å². The summed E-state index contributed by atoms with van der Waals surface area (Å²) in [6, 6.07) is 7.61. The molecule has 0 bridgehead atoms. The van der Waals surface area contributed by atoms with E-state index in [9.17, 15) is 9.59 Å². The first kappa shape index (κ1) is 17.9. The molecule has 26 heavy (non-hydrogen) atoms. The predicted octanol–water partition coefficient (Wildman–Crippen LogP) is 3.40. The maximum atomic E-state index is 13.3. The van der Waals surface area contributed by atoms with Gasteiger partial charge in [-0.1, -0.05) is 30.0 Å². The Bertz CT molecular complexity index is 782. The topological polar surface area (TPSA) is 53.0 Å². The largest absolute Gasteiger partial charge is 0.315 e. The highest BCUT2D eigenvalue weighted by atomic mass is 32.2. The predicted molar refractivity (Wildman–Crippen MR) is 108 cm³/mol. The summed E-state index contributed by atoms with van der Waals surface area (Å²) >= 11 is 3.37. The summed E-state index contributed by atoms with van der Waals surface area (Å²) in [6.07, 6.45) is 2.33. The van der Waals surface area contributed by atoms with E-state index in [4.69, 9.17) is 4.99 Å². The summed E-state index contributed by atoms with van der Waals surface area (Å²) in [6.45, 7) is 4.79. The summed E-state index contributed by atoms with van der Waals surface area (Å²) in [7, 11) is 0. The highest BCUT2D eigenvalue weighted by Crippen LogP contribution is 2.47. The fraction of sp³-hybridized carbons (Fsp3) is 0.526. The van der Waals surface area contributed by atoms with Gasteiger partial charge in [0.25, 0.3) is 5.91 Å². The molecule has 0 saturated carbocycles. The van der Waals surface area contributed by atoms with Crippen LogP contribution in [0.25, 0.3) is 0 Å². The number of nitrogens with zero attached hydrogens (tertiary/aromatic N) is 3. The SMILES string of the molecule is Cc1ccccc1N=C1SCCCN1C(=O)[C@H]1CS[C@@]2(C)CCC(=O)N12. The molecule has 138 valence electrons. The van der Waals surface area contributed by atoms with E-state index in [2.05, 4.69) is 6.92 Å². The molecule has 3 heterocycles. The molecule has 2 amide bonds. The van der Waals surface area contributed by atoms with Crippen molar-refractivity contribution in [2.24, 2.45) is 4.99 Å². The van der Waals surface area contributed by atoms with E-state index in [1.54, 1.807) is 23.5 Å². The van der Waals surface area contributed by atoms with Crippen LogP contribution in [0.15, 0.2) is 29.3 Å². The number of hydrogen-bond acceptors (Lipinski definition) is 5. The molecule has 7 heteroatoms. The molecule has 0 radical (unpaired) electrons. The van der Waals surface area contributed by atoms with Crippen molar-refractivity contribution in [2.75, 3.05) is 18.1 Å². The van der Waals surface area contributed by atoms with Gasteiger partial charge in [-0.25, -0.2) is 4.99 Å². The summed E-state index contributed by atoms with van der Waals surface area (Å²) < 4.78 is 0. The third kappa shape index (κ3) is 3.05. The summed E-state index contributed by atoms with van der Waals surface area (Å²) in [5, 5.41) is 0.765. The Morgan fingerprint density at radius 3 is 2.96 bits per heavy atom. The Morgan fingerprint density at radius 1 is 1.35 bits per heavy atom. The molecule has 0 spiro atoms. The molecular formula is C19H23N3O2S2. The molecule has 3 aliphatic heterocycles. The third-order valence-electron chi connectivity index (χ3n) is 5.32. The lowest BCUT2D eigenvalue weighted by Gasteiger charge is -2.34. The van der Waals surface area contributed by atoms with Crippen molar-refractivity contribution in [1.29, 1.82) is 0 Å². The zero-order valence-electron chi connectivity index (χ0n) is 15.1. The minimum atomic E-state index is -0.360. The smallest absolute Gasteiger partial charge is 0.252 e. The highest BCUT2D eigenvalue weighted by Gasteiger charge is 2.54. The maximum Gasteiger partial charge on any atom is 0.252 e. The van der Waals surface area contributed by atoms with Crippen molar-refractivity contribution < 1.29 is 9.59 Å².